The Hall–Kier alpha value is -2.40. The van der Waals surface area contributed by atoms with Crippen LogP contribution >= 0.6 is 0 Å². The molecule has 0 bridgehead atoms. The molecule has 0 radical (unpaired) electrons. The standard InChI is InChI=1S/C17H14FN/c1-13-4-2-3-5-14(13)6-7-16(12-19)15-8-10-17(18)11-9-15/h2-5,7-11H,6H2,1H3/b16-7+. The third kappa shape index (κ3) is 3.29. The monoisotopic (exact) mass is 251 g/mol. The lowest BCUT2D eigenvalue weighted by Crippen LogP contribution is -1.88. The summed E-state index contributed by atoms with van der Waals surface area (Å²) in [6.07, 6.45) is 2.59. The van der Waals surface area contributed by atoms with Gasteiger partial charge in [0.1, 0.15) is 5.82 Å². The fraction of sp³-hybridized carbons (Fsp3) is 0.118. The number of hydrogen-bond acceptors (Lipinski definition) is 1. The van der Waals surface area contributed by atoms with Crippen LogP contribution in [0.5, 0.6) is 0 Å². The summed E-state index contributed by atoms with van der Waals surface area (Å²) in [5.74, 6) is -0.292. The smallest absolute Gasteiger partial charge is 0.123 e. The van der Waals surface area contributed by atoms with Crippen molar-refractivity contribution in [3.05, 3.63) is 77.1 Å². The van der Waals surface area contributed by atoms with E-state index in [2.05, 4.69) is 6.07 Å². The van der Waals surface area contributed by atoms with E-state index >= 15 is 0 Å². The molecule has 2 aromatic rings. The van der Waals surface area contributed by atoms with Gasteiger partial charge in [-0.05, 0) is 42.2 Å². The number of nitrogens with zero attached hydrogens (tertiary/aromatic N) is 1. The zero-order valence-electron chi connectivity index (χ0n) is 10.7. The highest BCUT2D eigenvalue weighted by Crippen LogP contribution is 2.16. The molecular formula is C17H14FN. The van der Waals surface area contributed by atoms with Gasteiger partial charge in [0.15, 0.2) is 0 Å². The Labute approximate surface area is 112 Å². The summed E-state index contributed by atoms with van der Waals surface area (Å²) in [5.41, 5.74) is 3.72. The fourth-order valence-corrected chi connectivity index (χ4v) is 1.91. The van der Waals surface area contributed by atoms with Crippen LogP contribution in [-0.2, 0) is 6.42 Å². The quantitative estimate of drug-likeness (QED) is 0.747. The molecule has 0 aromatic heterocycles. The third-order valence-corrected chi connectivity index (χ3v) is 3.06. The topological polar surface area (TPSA) is 23.8 Å². The van der Waals surface area contributed by atoms with E-state index in [0.29, 0.717) is 12.0 Å². The van der Waals surface area contributed by atoms with E-state index in [0.717, 1.165) is 5.56 Å². The first-order valence-electron chi connectivity index (χ1n) is 6.11. The molecule has 0 atom stereocenters. The molecule has 0 saturated carbocycles. The molecule has 0 aliphatic carbocycles. The van der Waals surface area contributed by atoms with Gasteiger partial charge in [-0.3, -0.25) is 0 Å². The number of rotatable bonds is 3. The van der Waals surface area contributed by atoms with Crippen molar-refractivity contribution in [2.24, 2.45) is 0 Å². The zero-order valence-corrected chi connectivity index (χ0v) is 10.7. The van der Waals surface area contributed by atoms with Crippen molar-refractivity contribution >= 4 is 5.57 Å². The van der Waals surface area contributed by atoms with Crippen molar-refractivity contribution in [3.63, 3.8) is 0 Å². The van der Waals surface area contributed by atoms with Crippen LogP contribution in [0.1, 0.15) is 16.7 Å². The highest BCUT2D eigenvalue weighted by atomic mass is 19.1. The molecule has 1 nitrogen and oxygen atoms in total. The molecular weight excluding hydrogens is 237 g/mol. The second kappa shape index (κ2) is 5.97. The van der Waals surface area contributed by atoms with Crippen LogP contribution in [0.2, 0.25) is 0 Å². The van der Waals surface area contributed by atoms with Gasteiger partial charge in [0.2, 0.25) is 0 Å². The van der Waals surface area contributed by atoms with Crippen LogP contribution in [0.4, 0.5) is 4.39 Å². The molecule has 0 fully saturated rings. The Morgan fingerprint density at radius 2 is 1.84 bits per heavy atom. The van der Waals surface area contributed by atoms with Crippen LogP contribution < -0.4 is 0 Å². The summed E-state index contributed by atoms with van der Waals surface area (Å²) in [4.78, 5) is 0. The van der Waals surface area contributed by atoms with E-state index in [-0.39, 0.29) is 5.82 Å². The van der Waals surface area contributed by atoms with Gasteiger partial charge >= 0.3 is 0 Å². The second-order valence-corrected chi connectivity index (χ2v) is 4.37. The van der Waals surface area contributed by atoms with Crippen molar-refractivity contribution in [3.8, 4) is 6.07 Å². The van der Waals surface area contributed by atoms with Crippen LogP contribution in [0, 0.1) is 24.1 Å². The van der Waals surface area contributed by atoms with E-state index in [1.54, 1.807) is 12.1 Å². The van der Waals surface area contributed by atoms with Crippen molar-refractivity contribution in [2.45, 2.75) is 13.3 Å². The summed E-state index contributed by atoms with van der Waals surface area (Å²) in [5, 5.41) is 9.18. The minimum atomic E-state index is -0.292. The van der Waals surface area contributed by atoms with Gasteiger partial charge in [0, 0.05) is 0 Å². The van der Waals surface area contributed by atoms with Gasteiger partial charge in [0.25, 0.3) is 0 Å². The predicted octanol–water partition coefficient (Wildman–Crippen LogP) is 4.28. The van der Waals surface area contributed by atoms with Gasteiger partial charge < -0.3 is 0 Å². The number of aryl methyl sites for hydroxylation is 1. The van der Waals surface area contributed by atoms with E-state index in [1.807, 2.05) is 37.3 Å². The molecule has 0 aliphatic rings. The number of hydrogen-bond donors (Lipinski definition) is 0. The highest BCUT2D eigenvalue weighted by molar-refractivity contribution is 5.76. The van der Waals surface area contributed by atoms with Crippen LogP contribution in [-0.4, -0.2) is 0 Å². The van der Waals surface area contributed by atoms with Crippen molar-refractivity contribution < 1.29 is 4.39 Å². The molecule has 0 aliphatic heterocycles. The van der Waals surface area contributed by atoms with Crippen LogP contribution in [0.3, 0.4) is 0 Å². The summed E-state index contributed by atoms with van der Waals surface area (Å²) in [6.45, 7) is 2.05. The number of benzene rings is 2. The van der Waals surface area contributed by atoms with E-state index in [4.69, 9.17) is 0 Å². The number of nitriles is 1. The van der Waals surface area contributed by atoms with E-state index in [9.17, 15) is 9.65 Å². The fourth-order valence-electron chi connectivity index (χ4n) is 1.91. The largest absolute Gasteiger partial charge is 0.207 e. The zero-order chi connectivity index (χ0) is 13.7. The Morgan fingerprint density at radius 3 is 2.47 bits per heavy atom. The molecule has 94 valence electrons. The maximum atomic E-state index is 12.9. The summed E-state index contributed by atoms with van der Waals surface area (Å²) in [6, 6.07) is 16.2. The lowest BCUT2D eigenvalue weighted by atomic mass is 10.0. The first kappa shape index (κ1) is 13.0. The first-order valence-corrected chi connectivity index (χ1v) is 6.11. The summed E-state index contributed by atoms with van der Waals surface area (Å²) in [7, 11) is 0. The molecule has 0 N–H and O–H groups in total. The normalized spacial score (nSPS) is 11.1. The molecule has 0 amide bonds. The Balaban J connectivity index is 2.23. The van der Waals surface area contributed by atoms with E-state index in [1.165, 1.54) is 23.3 Å². The molecule has 0 heterocycles. The average molecular weight is 251 g/mol. The SMILES string of the molecule is Cc1ccccc1C/C=C(\C#N)c1ccc(F)cc1. The highest BCUT2D eigenvalue weighted by Gasteiger charge is 2.01. The Morgan fingerprint density at radius 1 is 1.16 bits per heavy atom. The maximum Gasteiger partial charge on any atom is 0.123 e. The van der Waals surface area contributed by atoms with Crippen molar-refractivity contribution in [1.82, 2.24) is 0 Å². The third-order valence-electron chi connectivity index (χ3n) is 3.06. The Kier molecular flexibility index (Phi) is 4.10. The minimum Gasteiger partial charge on any atom is -0.207 e. The lowest BCUT2D eigenvalue weighted by Gasteiger charge is -2.03. The molecule has 0 unspecified atom stereocenters. The van der Waals surface area contributed by atoms with Gasteiger partial charge in [-0.15, -0.1) is 0 Å². The summed E-state index contributed by atoms with van der Waals surface area (Å²) >= 11 is 0. The van der Waals surface area contributed by atoms with Crippen molar-refractivity contribution in [2.75, 3.05) is 0 Å². The van der Waals surface area contributed by atoms with Gasteiger partial charge in [-0.1, -0.05) is 42.5 Å². The van der Waals surface area contributed by atoms with Gasteiger partial charge in [0.05, 0.1) is 11.6 Å². The Bertz CT molecular complexity index is 633. The molecule has 2 aromatic carbocycles. The molecule has 0 saturated heterocycles. The van der Waals surface area contributed by atoms with Gasteiger partial charge in [-0.25, -0.2) is 4.39 Å². The van der Waals surface area contributed by atoms with Crippen LogP contribution in [0.25, 0.3) is 5.57 Å². The second-order valence-electron chi connectivity index (χ2n) is 4.37. The first-order chi connectivity index (χ1) is 9.20. The maximum absolute atomic E-state index is 12.9. The molecule has 0 spiro atoms. The van der Waals surface area contributed by atoms with E-state index < -0.39 is 0 Å². The summed E-state index contributed by atoms with van der Waals surface area (Å²) < 4.78 is 12.9. The predicted molar refractivity (Wildman–Crippen MR) is 74.9 cm³/mol. The average Bonchev–Trinajstić information content (AvgIpc) is 2.43. The molecule has 2 rings (SSSR count). The molecule has 2 heteroatoms. The lowest BCUT2D eigenvalue weighted by molar-refractivity contribution is 0.627. The number of halogens is 1. The van der Waals surface area contributed by atoms with Crippen molar-refractivity contribution in [1.29, 1.82) is 5.26 Å². The van der Waals surface area contributed by atoms with Gasteiger partial charge in [-0.2, -0.15) is 5.26 Å². The molecule has 19 heavy (non-hydrogen) atoms. The number of allylic oxidation sites excluding steroid dienone is 2. The minimum absolute atomic E-state index is 0.292. The van der Waals surface area contributed by atoms with Crippen LogP contribution in [0.15, 0.2) is 54.6 Å².